The Hall–Kier alpha value is -1.03. The standard InChI is InChI=1S/C23H30O/c1-4-23(5-2)20-13-19(20)21-18-8-6-14-12-15(24)7-9-16(14)17(18)10-11-22(21,23)3/h1,12,16-21H,5-11,13H2,2-3H3/t16-,17+,18+,19+,20-,21+,22-,23+/m0/s1. The molecule has 4 saturated carbocycles. The van der Waals surface area contributed by atoms with E-state index in [-0.39, 0.29) is 5.41 Å². The molecule has 8 atom stereocenters. The van der Waals surface area contributed by atoms with Crippen molar-refractivity contribution >= 4 is 5.78 Å². The number of carbonyl (C=O) groups excluding carboxylic acids is 1. The van der Waals surface area contributed by atoms with Crippen molar-refractivity contribution in [3.8, 4) is 12.3 Å². The summed E-state index contributed by atoms with van der Waals surface area (Å²) < 4.78 is 0. The summed E-state index contributed by atoms with van der Waals surface area (Å²) in [6, 6.07) is 0. The fraction of sp³-hybridized carbons (Fsp3) is 0.783. The Balaban J connectivity index is 1.52. The van der Waals surface area contributed by atoms with Crippen LogP contribution in [0.1, 0.15) is 65.2 Å². The average Bonchev–Trinajstić information content (AvgIpc) is 3.32. The molecular formula is C23H30O. The van der Waals surface area contributed by atoms with E-state index in [1.54, 1.807) is 0 Å². The summed E-state index contributed by atoms with van der Waals surface area (Å²) in [7, 11) is 0. The van der Waals surface area contributed by atoms with E-state index in [0.717, 1.165) is 48.9 Å². The first kappa shape index (κ1) is 15.2. The van der Waals surface area contributed by atoms with Crippen molar-refractivity contribution < 1.29 is 4.79 Å². The third kappa shape index (κ3) is 1.61. The maximum Gasteiger partial charge on any atom is 0.155 e. The third-order valence-electron chi connectivity index (χ3n) is 9.32. The van der Waals surface area contributed by atoms with Crippen LogP contribution in [0.4, 0.5) is 0 Å². The second kappa shape index (κ2) is 4.78. The summed E-state index contributed by atoms with van der Waals surface area (Å²) in [6.45, 7) is 4.89. The SMILES string of the molecule is C#C[C@@]1(CC)[C@H]2C[C@H]2[C@H]2[C@@H]3CCC4=CC(=O)CC[C@@H]4[C@H]3CC[C@@]21C. The molecule has 0 aromatic rings. The summed E-state index contributed by atoms with van der Waals surface area (Å²) in [5.41, 5.74) is 2.04. The minimum Gasteiger partial charge on any atom is -0.295 e. The van der Waals surface area contributed by atoms with Crippen molar-refractivity contribution in [3.63, 3.8) is 0 Å². The van der Waals surface area contributed by atoms with Crippen molar-refractivity contribution in [2.24, 2.45) is 46.3 Å². The van der Waals surface area contributed by atoms with Gasteiger partial charge in [0, 0.05) is 11.8 Å². The highest BCUT2D eigenvalue weighted by molar-refractivity contribution is 5.91. The van der Waals surface area contributed by atoms with Gasteiger partial charge in [0.05, 0.1) is 0 Å². The van der Waals surface area contributed by atoms with Gasteiger partial charge in [-0.15, -0.1) is 6.42 Å². The van der Waals surface area contributed by atoms with Crippen molar-refractivity contribution in [1.29, 1.82) is 0 Å². The lowest BCUT2D eigenvalue weighted by Gasteiger charge is -2.57. The van der Waals surface area contributed by atoms with E-state index in [1.807, 2.05) is 6.08 Å². The second-order valence-corrected chi connectivity index (χ2v) is 9.65. The Kier molecular flexibility index (Phi) is 3.03. The second-order valence-electron chi connectivity index (χ2n) is 9.65. The average molecular weight is 322 g/mol. The van der Waals surface area contributed by atoms with Gasteiger partial charge in [0.1, 0.15) is 0 Å². The van der Waals surface area contributed by atoms with Gasteiger partial charge in [-0.1, -0.05) is 25.3 Å². The fourth-order valence-electron chi connectivity index (χ4n) is 8.38. The lowest BCUT2D eigenvalue weighted by Crippen LogP contribution is -2.51. The summed E-state index contributed by atoms with van der Waals surface area (Å²) in [5, 5.41) is 0. The molecule has 0 unspecified atom stereocenters. The molecular weight excluding hydrogens is 292 g/mol. The number of hydrogen-bond donors (Lipinski definition) is 0. The summed E-state index contributed by atoms with van der Waals surface area (Å²) in [6.07, 6.45) is 17.8. The van der Waals surface area contributed by atoms with Crippen LogP contribution in [0.15, 0.2) is 11.6 Å². The van der Waals surface area contributed by atoms with Crippen molar-refractivity contribution in [1.82, 2.24) is 0 Å². The molecule has 1 heteroatoms. The van der Waals surface area contributed by atoms with E-state index < -0.39 is 0 Å². The first-order valence-corrected chi connectivity index (χ1v) is 10.3. The largest absolute Gasteiger partial charge is 0.295 e. The molecule has 24 heavy (non-hydrogen) atoms. The van der Waals surface area contributed by atoms with E-state index in [2.05, 4.69) is 19.8 Å². The van der Waals surface area contributed by atoms with Gasteiger partial charge in [0.15, 0.2) is 5.78 Å². The number of rotatable bonds is 1. The van der Waals surface area contributed by atoms with Crippen LogP contribution in [0.2, 0.25) is 0 Å². The van der Waals surface area contributed by atoms with E-state index in [0.29, 0.717) is 17.1 Å². The van der Waals surface area contributed by atoms with Crippen LogP contribution >= 0.6 is 0 Å². The van der Waals surface area contributed by atoms with Crippen LogP contribution in [0.3, 0.4) is 0 Å². The Morgan fingerprint density at radius 1 is 1.21 bits per heavy atom. The van der Waals surface area contributed by atoms with Crippen LogP contribution in [0.25, 0.3) is 0 Å². The first-order valence-electron chi connectivity index (χ1n) is 10.3. The molecule has 0 radical (unpaired) electrons. The number of ketones is 1. The van der Waals surface area contributed by atoms with Gasteiger partial charge < -0.3 is 0 Å². The zero-order chi connectivity index (χ0) is 16.7. The number of carbonyl (C=O) groups is 1. The highest BCUT2D eigenvalue weighted by Crippen LogP contribution is 2.79. The van der Waals surface area contributed by atoms with Gasteiger partial charge >= 0.3 is 0 Å². The van der Waals surface area contributed by atoms with E-state index in [1.165, 1.54) is 37.7 Å². The monoisotopic (exact) mass is 322 g/mol. The number of hydrogen-bond acceptors (Lipinski definition) is 1. The molecule has 1 nitrogen and oxygen atoms in total. The molecule has 5 aliphatic carbocycles. The quantitative estimate of drug-likeness (QED) is 0.620. The smallest absolute Gasteiger partial charge is 0.155 e. The number of fused-ring (bicyclic) bond motifs is 7. The van der Waals surface area contributed by atoms with Gasteiger partial charge in [0.25, 0.3) is 0 Å². The van der Waals surface area contributed by atoms with Gasteiger partial charge in [-0.2, -0.15) is 0 Å². The Morgan fingerprint density at radius 3 is 2.79 bits per heavy atom. The molecule has 5 aliphatic rings. The van der Waals surface area contributed by atoms with Crippen molar-refractivity contribution in [3.05, 3.63) is 11.6 Å². The molecule has 128 valence electrons. The molecule has 5 rings (SSSR count). The minimum absolute atomic E-state index is 0.173. The van der Waals surface area contributed by atoms with Gasteiger partial charge in [-0.3, -0.25) is 4.79 Å². The maximum absolute atomic E-state index is 11.8. The van der Waals surface area contributed by atoms with E-state index >= 15 is 0 Å². The third-order valence-corrected chi connectivity index (χ3v) is 9.32. The summed E-state index contributed by atoms with van der Waals surface area (Å²) in [5.74, 6) is 8.74. The molecule has 0 aromatic heterocycles. The van der Waals surface area contributed by atoms with Crippen LogP contribution in [0.5, 0.6) is 0 Å². The first-order chi connectivity index (χ1) is 11.6. The van der Waals surface area contributed by atoms with Crippen molar-refractivity contribution in [2.45, 2.75) is 65.2 Å². The molecule has 0 heterocycles. The van der Waals surface area contributed by atoms with Gasteiger partial charge in [0.2, 0.25) is 0 Å². The van der Waals surface area contributed by atoms with Crippen molar-refractivity contribution in [2.75, 3.05) is 0 Å². The van der Waals surface area contributed by atoms with Crippen LogP contribution in [0, 0.1) is 58.7 Å². The Morgan fingerprint density at radius 2 is 2.04 bits per heavy atom. The van der Waals surface area contributed by atoms with Crippen LogP contribution in [-0.4, -0.2) is 5.78 Å². The van der Waals surface area contributed by atoms with Gasteiger partial charge in [-0.05, 0) is 91.9 Å². The molecule has 0 aromatic carbocycles. The highest BCUT2D eigenvalue weighted by atomic mass is 16.1. The van der Waals surface area contributed by atoms with Crippen LogP contribution < -0.4 is 0 Å². The Bertz CT molecular complexity index is 666. The molecule has 0 bridgehead atoms. The lowest BCUT2D eigenvalue weighted by molar-refractivity contribution is -0.116. The highest BCUT2D eigenvalue weighted by Gasteiger charge is 2.74. The molecule has 0 saturated heterocycles. The predicted octanol–water partition coefficient (Wildman–Crippen LogP) is 5.01. The molecule has 0 aliphatic heterocycles. The zero-order valence-corrected chi connectivity index (χ0v) is 15.2. The molecule has 4 fully saturated rings. The number of terminal acetylenes is 1. The Labute approximate surface area is 146 Å². The van der Waals surface area contributed by atoms with Crippen LogP contribution in [-0.2, 0) is 4.79 Å². The number of allylic oxidation sites excluding steroid dienone is 1. The normalized spacial score (nSPS) is 54.7. The zero-order valence-electron chi connectivity index (χ0n) is 15.2. The predicted molar refractivity (Wildman–Crippen MR) is 96.0 cm³/mol. The van der Waals surface area contributed by atoms with Gasteiger partial charge in [-0.25, -0.2) is 0 Å². The summed E-state index contributed by atoms with van der Waals surface area (Å²) >= 11 is 0. The molecule has 0 amide bonds. The topological polar surface area (TPSA) is 17.1 Å². The lowest BCUT2D eigenvalue weighted by atomic mass is 9.46. The molecule has 0 spiro atoms. The molecule has 0 N–H and O–H groups in total. The maximum atomic E-state index is 11.8. The fourth-order valence-corrected chi connectivity index (χ4v) is 8.38. The summed E-state index contributed by atoms with van der Waals surface area (Å²) in [4.78, 5) is 11.8. The van der Waals surface area contributed by atoms with E-state index in [9.17, 15) is 4.79 Å². The van der Waals surface area contributed by atoms with E-state index in [4.69, 9.17) is 6.42 Å². The minimum atomic E-state index is 0.173.